The topological polar surface area (TPSA) is 40.2 Å². The summed E-state index contributed by atoms with van der Waals surface area (Å²) in [4.78, 5) is 2.38. The molecule has 2 aliphatic rings. The van der Waals surface area contributed by atoms with Gasteiger partial charge in [0.15, 0.2) is 0 Å². The van der Waals surface area contributed by atoms with Crippen LogP contribution in [0.4, 0.5) is 0 Å². The second kappa shape index (κ2) is 5.57. The molecule has 2 bridgehead atoms. The molecule has 0 aliphatic carbocycles. The Balaban J connectivity index is 2.04. The second-order valence-electron chi connectivity index (χ2n) is 4.24. The SMILES string of the molecule is CCN1CCCO[Si]2(OC)COCC(C1)O2. The van der Waals surface area contributed by atoms with E-state index in [-0.39, 0.29) is 6.10 Å². The van der Waals surface area contributed by atoms with Crippen LogP contribution in [0.2, 0.25) is 0 Å². The van der Waals surface area contributed by atoms with Crippen molar-refractivity contribution in [2.75, 3.05) is 46.2 Å². The molecule has 16 heavy (non-hydrogen) atoms. The molecule has 2 rings (SSSR count). The molecule has 2 aliphatic heterocycles. The Labute approximate surface area is 98.0 Å². The van der Waals surface area contributed by atoms with Crippen LogP contribution in [0.3, 0.4) is 0 Å². The molecule has 2 atom stereocenters. The van der Waals surface area contributed by atoms with Gasteiger partial charge in [-0.05, 0) is 13.0 Å². The van der Waals surface area contributed by atoms with Gasteiger partial charge in [0.25, 0.3) is 0 Å². The molecule has 2 saturated heterocycles. The lowest BCUT2D eigenvalue weighted by Gasteiger charge is -2.36. The van der Waals surface area contributed by atoms with Crippen LogP contribution in [0, 0.1) is 0 Å². The largest absolute Gasteiger partial charge is 0.528 e. The first-order valence-electron chi connectivity index (χ1n) is 5.95. The number of fused-ring (bicyclic) bond motifs is 2. The van der Waals surface area contributed by atoms with Gasteiger partial charge in [0.2, 0.25) is 0 Å². The van der Waals surface area contributed by atoms with Gasteiger partial charge in [-0.15, -0.1) is 0 Å². The highest BCUT2D eigenvalue weighted by atomic mass is 28.4. The molecule has 0 aromatic carbocycles. The van der Waals surface area contributed by atoms with E-state index < -0.39 is 8.80 Å². The lowest BCUT2D eigenvalue weighted by molar-refractivity contribution is -0.0623. The van der Waals surface area contributed by atoms with Crippen molar-refractivity contribution in [2.24, 2.45) is 0 Å². The standard InChI is InChI=1S/C10H21NO4Si/c1-3-11-5-4-6-14-16(12-2)9-13-8-10(7-11)15-16/h10H,3-9H2,1-2H3. The Bertz CT molecular complexity index is 231. The van der Waals surface area contributed by atoms with Gasteiger partial charge in [-0.3, -0.25) is 0 Å². The molecular weight excluding hydrogens is 226 g/mol. The molecule has 0 amide bonds. The van der Waals surface area contributed by atoms with Crippen LogP contribution in [-0.2, 0) is 18.0 Å². The number of hydrogen-bond acceptors (Lipinski definition) is 5. The number of ether oxygens (including phenoxy) is 1. The Morgan fingerprint density at radius 3 is 3.12 bits per heavy atom. The molecule has 5 nitrogen and oxygen atoms in total. The average Bonchev–Trinajstić information content (AvgIpc) is 2.38. The summed E-state index contributed by atoms with van der Waals surface area (Å²) in [5.74, 6) is 0. The van der Waals surface area contributed by atoms with Crippen LogP contribution in [0.1, 0.15) is 13.3 Å². The Morgan fingerprint density at radius 2 is 2.38 bits per heavy atom. The quantitative estimate of drug-likeness (QED) is 0.655. The van der Waals surface area contributed by atoms with Crippen LogP contribution < -0.4 is 0 Å². The van der Waals surface area contributed by atoms with Gasteiger partial charge >= 0.3 is 8.80 Å². The first-order valence-corrected chi connectivity index (χ1v) is 7.88. The summed E-state index contributed by atoms with van der Waals surface area (Å²) in [5.41, 5.74) is 0. The monoisotopic (exact) mass is 247 g/mol. The minimum atomic E-state index is -2.51. The van der Waals surface area contributed by atoms with E-state index in [0.29, 0.717) is 19.4 Å². The van der Waals surface area contributed by atoms with Crippen molar-refractivity contribution in [3.63, 3.8) is 0 Å². The van der Waals surface area contributed by atoms with Crippen molar-refractivity contribution in [2.45, 2.75) is 19.4 Å². The summed E-state index contributed by atoms with van der Waals surface area (Å²) in [6.07, 6.45) is 1.62. The summed E-state index contributed by atoms with van der Waals surface area (Å²) in [6, 6.07) is 0. The third kappa shape index (κ3) is 2.82. The van der Waals surface area contributed by atoms with Crippen LogP contribution in [-0.4, -0.2) is 66.0 Å². The normalized spacial score (nSPS) is 37.5. The van der Waals surface area contributed by atoms with Crippen molar-refractivity contribution in [1.82, 2.24) is 4.90 Å². The van der Waals surface area contributed by atoms with E-state index in [1.54, 1.807) is 7.11 Å². The lowest BCUT2D eigenvalue weighted by atomic mass is 10.3. The fourth-order valence-electron chi connectivity index (χ4n) is 2.15. The molecule has 0 spiro atoms. The molecule has 2 fully saturated rings. The predicted octanol–water partition coefficient (Wildman–Crippen LogP) is 0.268. The second-order valence-corrected chi connectivity index (χ2v) is 6.82. The van der Waals surface area contributed by atoms with Gasteiger partial charge in [0, 0.05) is 26.8 Å². The molecular formula is C10H21NO4Si. The summed E-state index contributed by atoms with van der Waals surface area (Å²) in [7, 11) is -0.853. The first kappa shape index (κ1) is 12.5. The van der Waals surface area contributed by atoms with E-state index in [1.807, 2.05) is 0 Å². The minimum Gasteiger partial charge on any atom is -0.375 e. The van der Waals surface area contributed by atoms with E-state index in [0.717, 1.165) is 26.1 Å². The molecule has 2 heterocycles. The molecule has 0 N–H and O–H groups in total. The molecule has 0 saturated carbocycles. The third-order valence-corrected chi connectivity index (χ3v) is 5.61. The van der Waals surface area contributed by atoms with Crippen molar-refractivity contribution >= 4 is 8.80 Å². The third-order valence-electron chi connectivity index (χ3n) is 3.09. The van der Waals surface area contributed by atoms with Gasteiger partial charge in [-0.25, -0.2) is 0 Å². The van der Waals surface area contributed by atoms with E-state index >= 15 is 0 Å². The summed E-state index contributed by atoms with van der Waals surface area (Å²) < 4.78 is 22.8. The van der Waals surface area contributed by atoms with Crippen molar-refractivity contribution < 1.29 is 18.0 Å². The first-order chi connectivity index (χ1) is 7.78. The molecule has 6 heteroatoms. The molecule has 0 aromatic rings. The van der Waals surface area contributed by atoms with Crippen molar-refractivity contribution in [3.05, 3.63) is 0 Å². The predicted molar refractivity (Wildman–Crippen MR) is 61.1 cm³/mol. The van der Waals surface area contributed by atoms with Crippen molar-refractivity contribution in [1.29, 1.82) is 0 Å². The van der Waals surface area contributed by atoms with Gasteiger partial charge in [-0.2, -0.15) is 0 Å². The molecule has 0 radical (unpaired) electrons. The zero-order valence-corrected chi connectivity index (χ0v) is 11.1. The van der Waals surface area contributed by atoms with Crippen LogP contribution >= 0.6 is 0 Å². The summed E-state index contributed by atoms with van der Waals surface area (Å²) in [6.45, 7) is 6.54. The smallest absolute Gasteiger partial charge is 0.375 e. The maximum absolute atomic E-state index is 6.00. The Hall–Kier alpha value is 0.0169. The highest BCUT2D eigenvalue weighted by Gasteiger charge is 2.47. The van der Waals surface area contributed by atoms with E-state index in [2.05, 4.69) is 11.8 Å². The number of hydrogen-bond donors (Lipinski definition) is 0. The zero-order chi connectivity index (χ0) is 11.4. The number of nitrogens with zero attached hydrogens (tertiary/aromatic N) is 1. The number of rotatable bonds is 2. The molecule has 2 unspecified atom stereocenters. The zero-order valence-electron chi connectivity index (χ0n) is 10.1. The van der Waals surface area contributed by atoms with E-state index in [1.165, 1.54) is 0 Å². The van der Waals surface area contributed by atoms with E-state index in [9.17, 15) is 0 Å². The maximum Gasteiger partial charge on any atom is 0.528 e. The van der Waals surface area contributed by atoms with Gasteiger partial charge in [0.1, 0.15) is 6.23 Å². The summed E-state index contributed by atoms with van der Waals surface area (Å²) >= 11 is 0. The lowest BCUT2D eigenvalue weighted by Crippen LogP contribution is -2.58. The fraction of sp³-hybridized carbons (Fsp3) is 1.00. The number of likely N-dealkylation sites (N-methyl/N-ethyl adjacent to an activating group) is 1. The van der Waals surface area contributed by atoms with Crippen LogP contribution in [0.5, 0.6) is 0 Å². The van der Waals surface area contributed by atoms with Crippen LogP contribution in [0.25, 0.3) is 0 Å². The molecule has 94 valence electrons. The Morgan fingerprint density at radius 1 is 1.50 bits per heavy atom. The minimum absolute atomic E-state index is 0.0958. The van der Waals surface area contributed by atoms with Gasteiger partial charge < -0.3 is 22.9 Å². The van der Waals surface area contributed by atoms with Crippen molar-refractivity contribution in [3.8, 4) is 0 Å². The highest BCUT2D eigenvalue weighted by molar-refractivity contribution is 6.60. The Kier molecular flexibility index (Phi) is 4.34. The molecule has 0 aromatic heterocycles. The summed E-state index contributed by atoms with van der Waals surface area (Å²) in [5, 5.41) is 0. The van der Waals surface area contributed by atoms with E-state index in [4.69, 9.17) is 18.0 Å². The van der Waals surface area contributed by atoms with Crippen LogP contribution in [0.15, 0.2) is 0 Å². The highest BCUT2D eigenvalue weighted by Crippen LogP contribution is 2.20. The average molecular weight is 247 g/mol. The van der Waals surface area contributed by atoms with Gasteiger partial charge in [-0.1, -0.05) is 6.92 Å². The van der Waals surface area contributed by atoms with Gasteiger partial charge in [0.05, 0.1) is 12.7 Å². The fourth-order valence-corrected chi connectivity index (χ4v) is 4.18. The maximum atomic E-state index is 6.00.